The summed E-state index contributed by atoms with van der Waals surface area (Å²) < 4.78 is 5.20. The molecule has 128 valence electrons. The molecule has 0 unspecified atom stereocenters. The van der Waals surface area contributed by atoms with Crippen LogP contribution in [0.4, 0.5) is 0 Å². The minimum Gasteiger partial charge on any atom is -0.497 e. The highest BCUT2D eigenvalue weighted by molar-refractivity contribution is 6.30. The van der Waals surface area contributed by atoms with Gasteiger partial charge in [-0.1, -0.05) is 49.7 Å². The molecule has 4 heteroatoms. The van der Waals surface area contributed by atoms with Crippen LogP contribution in [0.1, 0.15) is 37.4 Å². The summed E-state index contributed by atoms with van der Waals surface area (Å²) in [5.41, 5.74) is 2.00. The van der Waals surface area contributed by atoms with Crippen LogP contribution in [0.2, 0.25) is 5.02 Å². The number of ether oxygens (including phenoxy) is 1. The summed E-state index contributed by atoms with van der Waals surface area (Å²) in [7, 11) is 1.65. The summed E-state index contributed by atoms with van der Waals surface area (Å²) in [5.74, 6) is 1.29. The van der Waals surface area contributed by atoms with Gasteiger partial charge in [-0.15, -0.1) is 0 Å². The van der Waals surface area contributed by atoms with Crippen LogP contribution in [-0.2, 0) is 11.2 Å². The minimum atomic E-state index is -0.0115. The Morgan fingerprint density at radius 1 is 1.17 bits per heavy atom. The first-order valence-electron chi connectivity index (χ1n) is 8.15. The van der Waals surface area contributed by atoms with Crippen molar-refractivity contribution in [2.45, 2.75) is 32.7 Å². The molecule has 2 aromatic carbocycles. The summed E-state index contributed by atoms with van der Waals surface area (Å²) in [6.45, 7) is 4.30. The van der Waals surface area contributed by atoms with Crippen LogP contribution in [0.15, 0.2) is 48.5 Å². The van der Waals surface area contributed by atoms with Crippen molar-refractivity contribution < 1.29 is 9.53 Å². The molecule has 0 aliphatic rings. The lowest BCUT2D eigenvalue weighted by Gasteiger charge is -2.21. The van der Waals surface area contributed by atoms with Gasteiger partial charge in [0.1, 0.15) is 5.75 Å². The number of halogens is 1. The molecule has 0 radical (unpaired) electrons. The third kappa shape index (κ3) is 5.57. The zero-order valence-corrected chi connectivity index (χ0v) is 15.1. The number of carbonyl (C=O) groups is 1. The van der Waals surface area contributed by atoms with Gasteiger partial charge < -0.3 is 10.1 Å². The van der Waals surface area contributed by atoms with E-state index >= 15 is 0 Å². The summed E-state index contributed by atoms with van der Waals surface area (Å²) >= 11 is 5.98. The van der Waals surface area contributed by atoms with Gasteiger partial charge in [-0.05, 0) is 47.7 Å². The molecule has 0 saturated carbocycles. The molecule has 0 spiro atoms. The number of nitrogens with one attached hydrogen (secondary N) is 1. The van der Waals surface area contributed by atoms with Gasteiger partial charge in [-0.25, -0.2) is 0 Å². The first-order valence-corrected chi connectivity index (χ1v) is 8.53. The molecule has 1 N–H and O–H groups in total. The molecule has 2 rings (SSSR count). The van der Waals surface area contributed by atoms with Gasteiger partial charge in [0, 0.05) is 5.02 Å². The first kappa shape index (κ1) is 18.3. The Morgan fingerprint density at radius 3 is 2.46 bits per heavy atom. The molecule has 0 aliphatic carbocycles. The van der Waals surface area contributed by atoms with E-state index in [-0.39, 0.29) is 11.9 Å². The lowest BCUT2D eigenvalue weighted by molar-refractivity contribution is -0.121. The standard InChI is InChI=1S/C20H24ClNO2/c1-14(2)11-19(16-7-9-18(24-3)10-8-16)22-20(23)13-15-5-4-6-17(21)12-15/h4-10,12,14,19H,11,13H2,1-3H3,(H,22,23)/t19-/m0/s1. The average Bonchev–Trinajstić information content (AvgIpc) is 2.54. The third-order valence-electron chi connectivity index (χ3n) is 3.81. The molecular formula is C20H24ClNO2. The van der Waals surface area contributed by atoms with Crippen molar-refractivity contribution >= 4 is 17.5 Å². The fourth-order valence-electron chi connectivity index (χ4n) is 2.66. The highest BCUT2D eigenvalue weighted by atomic mass is 35.5. The number of benzene rings is 2. The number of methoxy groups -OCH3 is 1. The number of rotatable bonds is 7. The van der Waals surface area contributed by atoms with E-state index in [1.807, 2.05) is 48.5 Å². The van der Waals surface area contributed by atoms with Gasteiger partial charge >= 0.3 is 0 Å². The van der Waals surface area contributed by atoms with Crippen LogP contribution in [0.5, 0.6) is 5.75 Å². The predicted octanol–water partition coefficient (Wildman–Crippen LogP) is 4.79. The second-order valence-electron chi connectivity index (χ2n) is 6.33. The fraction of sp³-hybridized carbons (Fsp3) is 0.350. The Hall–Kier alpha value is -2.00. The van der Waals surface area contributed by atoms with E-state index in [9.17, 15) is 4.79 Å². The Morgan fingerprint density at radius 2 is 1.88 bits per heavy atom. The number of hydrogen-bond donors (Lipinski definition) is 1. The Kier molecular flexibility index (Phi) is 6.68. The van der Waals surface area contributed by atoms with E-state index in [0.29, 0.717) is 17.4 Å². The number of hydrogen-bond acceptors (Lipinski definition) is 2. The molecule has 2 aromatic rings. The zero-order valence-electron chi connectivity index (χ0n) is 14.4. The van der Waals surface area contributed by atoms with E-state index < -0.39 is 0 Å². The topological polar surface area (TPSA) is 38.3 Å². The maximum absolute atomic E-state index is 12.4. The van der Waals surface area contributed by atoms with Crippen molar-refractivity contribution in [2.75, 3.05) is 7.11 Å². The molecule has 0 bridgehead atoms. The van der Waals surface area contributed by atoms with Gasteiger partial charge in [0.25, 0.3) is 0 Å². The fourth-order valence-corrected chi connectivity index (χ4v) is 2.88. The van der Waals surface area contributed by atoms with Crippen molar-refractivity contribution in [3.05, 3.63) is 64.7 Å². The van der Waals surface area contributed by atoms with E-state index in [0.717, 1.165) is 23.3 Å². The van der Waals surface area contributed by atoms with Crippen LogP contribution in [0.25, 0.3) is 0 Å². The Bertz CT molecular complexity index is 668. The number of amides is 1. The Labute approximate surface area is 149 Å². The van der Waals surface area contributed by atoms with Crippen LogP contribution < -0.4 is 10.1 Å². The molecule has 0 fully saturated rings. The molecule has 1 atom stereocenters. The summed E-state index contributed by atoms with van der Waals surface area (Å²) in [4.78, 5) is 12.4. The summed E-state index contributed by atoms with van der Waals surface area (Å²) in [6.07, 6.45) is 1.21. The summed E-state index contributed by atoms with van der Waals surface area (Å²) in [5, 5.41) is 3.79. The van der Waals surface area contributed by atoms with Crippen LogP contribution >= 0.6 is 11.6 Å². The molecule has 3 nitrogen and oxygen atoms in total. The van der Waals surface area contributed by atoms with Crippen LogP contribution in [0.3, 0.4) is 0 Å². The van der Waals surface area contributed by atoms with E-state index in [4.69, 9.17) is 16.3 Å². The molecular weight excluding hydrogens is 322 g/mol. The van der Waals surface area contributed by atoms with Crippen LogP contribution in [0, 0.1) is 5.92 Å². The van der Waals surface area contributed by atoms with Gasteiger partial charge in [0.05, 0.1) is 19.6 Å². The lowest BCUT2D eigenvalue weighted by atomic mass is 9.96. The maximum atomic E-state index is 12.4. The third-order valence-corrected chi connectivity index (χ3v) is 4.05. The maximum Gasteiger partial charge on any atom is 0.224 e. The predicted molar refractivity (Wildman–Crippen MR) is 98.5 cm³/mol. The number of carbonyl (C=O) groups excluding carboxylic acids is 1. The van der Waals surface area contributed by atoms with Crippen molar-refractivity contribution in [3.8, 4) is 5.75 Å². The molecule has 0 aromatic heterocycles. The van der Waals surface area contributed by atoms with E-state index in [1.165, 1.54) is 0 Å². The highest BCUT2D eigenvalue weighted by Gasteiger charge is 2.16. The Balaban J connectivity index is 2.08. The average molecular weight is 346 g/mol. The minimum absolute atomic E-state index is 0.00117. The highest BCUT2D eigenvalue weighted by Crippen LogP contribution is 2.24. The smallest absolute Gasteiger partial charge is 0.224 e. The second-order valence-corrected chi connectivity index (χ2v) is 6.77. The van der Waals surface area contributed by atoms with Crippen molar-refractivity contribution in [3.63, 3.8) is 0 Å². The van der Waals surface area contributed by atoms with Crippen LogP contribution in [-0.4, -0.2) is 13.0 Å². The quantitative estimate of drug-likeness (QED) is 0.783. The van der Waals surface area contributed by atoms with Crippen molar-refractivity contribution in [1.29, 1.82) is 0 Å². The molecule has 0 heterocycles. The monoisotopic (exact) mass is 345 g/mol. The van der Waals surface area contributed by atoms with Crippen molar-refractivity contribution in [1.82, 2.24) is 5.32 Å². The summed E-state index contributed by atoms with van der Waals surface area (Å²) in [6, 6.07) is 15.3. The van der Waals surface area contributed by atoms with E-state index in [2.05, 4.69) is 19.2 Å². The van der Waals surface area contributed by atoms with E-state index in [1.54, 1.807) is 7.11 Å². The lowest BCUT2D eigenvalue weighted by Crippen LogP contribution is -2.30. The molecule has 0 saturated heterocycles. The second kappa shape index (κ2) is 8.74. The molecule has 1 amide bonds. The van der Waals surface area contributed by atoms with Gasteiger partial charge in [-0.2, -0.15) is 0 Å². The molecule has 24 heavy (non-hydrogen) atoms. The SMILES string of the molecule is COc1ccc([C@H](CC(C)C)NC(=O)Cc2cccc(Cl)c2)cc1. The normalized spacial score (nSPS) is 12.0. The molecule has 0 aliphatic heterocycles. The van der Waals surface area contributed by atoms with Gasteiger partial charge in [0.15, 0.2) is 0 Å². The first-order chi connectivity index (χ1) is 11.5. The zero-order chi connectivity index (χ0) is 17.5. The van der Waals surface area contributed by atoms with Crippen molar-refractivity contribution in [2.24, 2.45) is 5.92 Å². The van der Waals surface area contributed by atoms with Gasteiger partial charge in [-0.3, -0.25) is 4.79 Å². The largest absolute Gasteiger partial charge is 0.497 e. The van der Waals surface area contributed by atoms with Gasteiger partial charge in [0.2, 0.25) is 5.91 Å².